The summed E-state index contributed by atoms with van der Waals surface area (Å²) < 4.78 is 1.18. The molecule has 0 amide bonds. The average Bonchev–Trinajstić information content (AvgIpc) is 3.07. The Balaban J connectivity index is 2.06. The molecule has 1 fully saturated rings. The molecule has 2 nitrogen and oxygen atoms in total. The van der Waals surface area contributed by atoms with Crippen molar-refractivity contribution in [1.29, 1.82) is 0 Å². The van der Waals surface area contributed by atoms with Crippen LogP contribution in [0.15, 0.2) is 15.9 Å². The minimum absolute atomic E-state index is 0.410. The van der Waals surface area contributed by atoms with Crippen molar-refractivity contribution >= 4 is 27.3 Å². The Labute approximate surface area is 123 Å². The molecular weight excluding hydrogens is 308 g/mol. The number of nitrogens with zero attached hydrogens (tertiary/aromatic N) is 1. The molecule has 102 valence electrons. The van der Waals surface area contributed by atoms with Crippen molar-refractivity contribution in [3.8, 4) is 0 Å². The van der Waals surface area contributed by atoms with Gasteiger partial charge in [0.25, 0.3) is 0 Å². The second kappa shape index (κ2) is 6.51. The molecular formula is C14H23BrN2S. The highest BCUT2D eigenvalue weighted by Gasteiger charge is 2.34. The van der Waals surface area contributed by atoms with Crippen LogP contribution in [0.25, 0.3) is 0 Å². The minimum atomic E-state index is 0.410. The van der Waals surface area contributed by atoms with Crippen LogP contribution < -0.4 is 5.73 Å². The van der Waals surface area contributed by atoms with E-state index in [0.717, 1.165) is 18.5 Å². The lowest BCUT2D eigenvalue weighted by atomic mass is 10.1. The Morgan fingerprint density at radius 2 is 2.22 bits per heavy atom. The molecule has 0 aromatic carbocycles. The second-order valence-electron chi connectivity index (χ2n) is 5.57. The highest BCUT2D eigenvalue weighted by Crippen LogP contribution is 2.37. The molecule has 2 N–H and O–H groups in total. The van der Waals surface area contributed by atoms with Crippen LogP contribution in [0.4, 0.5) is 0 Å². The second-order valence-corrected chi connectivity index (χ2v) is 7.43. The topological polar surface area (TPSA) is 29.3 Å². The zero-order valence-corrected chi connectivity index (χ0v) is 13.6. The third kappa shape index (κ3) is 3.80. The standard InChI is InChI=1S/C14H23BrN2S/c1-10(2)5-6-17(12-3-4-12)13(8-16)14-7-11(15)9-18-14/h7,9-10,12-13H,3-6,8,16H2,1-2H3. The first-order chi connectivity index (χ1) is 8.61. The van der Waals surface area contributed by atoms with Gasteiger partial charge in [0.05, 0.1) is 6.04 Å². The number of nitrogens with two attached hydrogens (primary N) is 1. The molecule has 1 aliphatic rings. The van der Waals surface area contributed by atoms with Gasteiger partial charge in [0, 0.05) is 27.3 Å². The van der Waals surface area contributed by atoms with E-state index in [1.54, 1.807) is 0 Å². The number of rotatable bonds is 7. The van der Waals surface area contributed by atoms with E-state index in [1.807, 2.05) is 11.3 Å². The molecule has 1 saturated carbocycles. The SMILES string of the molecule is CC(C)CCN(C1CC1)C(CN)c1cc(Br)cs1. The Bertz CT molecular complexity index is 374. The summed E-state index contributed by atoms with van der Waals surface area (Å²) in [7, 11) is 0. The molecule has 1 heterocycles. The van der Waals surface area contributed by atoms with Gasteiger partial charge in [-0.25, -0.2) is 0 Å². The van der Waals surface area contributed by atoms with Gasteiger partial charge in [-0.05, 0) is 53.7 Å². The Morgan fingerprint density at radius 3 is 2.67 bits per heavy atom. The van der Waals surface area contributed by atoms with E-state index in [9.17, 15) is 0 Å². The van der Waals surface area contributed by atoms with Gasteiger partial charge in [-0.15, -0.1) is 11.3 Å². The fourth-order valence-corrected chi connectivity index (χ4v) is 3.90. The summed E-state index contributed by atoms with van der Waals surface area (Å²) in [5.74, 6) is 0.764. The lowest BCUT2D eigenvalue weighted by Gasteiger charge is -2.31. The summed E-state index contributed by atoms with van der Waals surface area (Å²) in [6.07, 6.45) is 3.96. The van der Waals surface area contributed by atoms with E-state index in [4.69, 9.17) is 5.73 Å². The summed E-state index contributed by atoms with van der Waals surface area (Å²) in [4.78, 5) is 4.04. The normalized spacial score (nSPS) is 17.7. The Hall–Kier alpha value is 0.1000. The monoisotopic (exact) mass is 330 g/mol. The molecule has 1 unspecified atom stereocenters. The summed E-state index contributed by atoms with van der Waals surface area (Å²) in [5, 5.41) is 2.16. The molecule has 1 aromatic heterocycles. The van der Waals surface area contributed by atoms with Crippen molar-refractivity contribution in [1.82, 2.24) is 4.90 Å². The van der Waals surface area contributed by atoms with Crippen molar-refractivity contribution in [2.24, 2.45) is 11.7 Å². The Morgan fingerprint density at radius 1 is 1.50 bits per heavy atom. The predicted octanol–water partition coefficient (Wildman–Crippen LogP) is 4.02. The molecule has 1 aromatic rings. The number of thiophene rings is 1. The van der Waals surface area contributed by atoms with Gasteiger partial charge in [0.2, 0.25) is 0 Å². The van der Waals surface area contributed by atoms with E-state index in [0.29, 0.717) is 6.04 Å². The van der Waals surface area contributed by atoms with Gasteiger partial charge in [-0.2, -0.15) is 0 Å². The predicted molar refractivity (Wildman–Crippen MR) is 83.0 cm³/mol. The minimum Gasteiger partial charge on any atom is -0.329 e. The third-order valence-electron chi connectivity index (χ3n) is 3.52. The number of hydrogen-bond acceptors (Lipinski definition) is 3. The Kier molecular flexibility index (Phi) is 5.24. The van der Waals surface area contributed by atoms with Gasteiger partial charge in [0.1, 0.15) is 0 Å². The zero-order valence-electron chi connectivity index (χ0n) is 11.2. The van der Waals surface area contributed by atoms with Gasteiger partial charge >= 0.3 is 0 Å². The largest absolute Gasteiger partial charge is 0.329 e. The zero-order chi connectivity index (χ0) is 13.1. The maximum absolute atomic E-state index is 6.04. The molecule has 4 heteroatoms. The van der Waals surface area contributed by atoms with Crippen LogP contribution in [0.2, 0.25) is 0 Å². The van der Waals surface area contributed by atoms with E-state index in [-0.39, 0.29) is 0 Å². The van der Waals surface area contributed by atoms with Gasteiger partial charge in [-0.3, -0.25) is 4.90 Å². The first-order valence-corrected chi connectivity index (χ1v) is 8.48. The van der Waals surface area contributed by atoms with Crippen LogP contribution in [0.1, 0.15) is 44.0 Å². The summed E-state index contributed by atoms with van der Waals surface area (Å²) in [5.41, 5.74) is 6.04. The van der Waals surface area contributed by atoms with E-state index in [1.165, 1.54) is 35.2 Å². The van der Waals surface area contributed by atoms with E-state index in [2.05, 4.69) is 46.1 Å². The van der Waals surface area contributed by atoms with E-state index >= 15 is 0 Å². The van der Waals surface area contributed by atoms with Crippen LogP contribution in [-0.4, -0.2) is 24.0 Å². The molecule has 0 aliphatic heterocycles. The number of halogens is 1. The highest BCUT2D eigenvalue weighted by molar-refractivity contribution is 9.10. The van der Waals surface area contributed by atoms with Gasteiger partial charge in [0.15, 0.2) is 0 Å². The smallest absolute Gasteiger partial charge is 0.0567 e. The van der Waals surface area contributed by atoms with Gasteiger partial charge in [-0.1, -0.05) is 13.8 Å². The first-order valence-electron chi connectivity index (χ1n) is 6.81. The van der Waals surface area contributed by atoms with Crippen LogP contribution in [-0.2, 0) is 0 Å². The van der Waals surface area contributed by atoms with Crippen molar-refractivity contribution in [2.75, 3.05) is 13.1 Å². The van der Waals surface area contributed by atoms with Crippen LogP contribution in [0.3, 0.4) is 0 Å². The lowest BCUT2D eigenvalue weighted by Crippen LogP contribution is -2.36. The lowest BCUT2D eigenvalue weighted by molar-refractivity contribution is 0.183. The number of hydrogen-bond donors (Lipinski definition) is 1. The molecule has 0 saturated heterocycles. The molecule has 0 bridgehead atoms. The van der Waals surface area contributed by atoms with Crippen molar-refractivity contribution in [3.63, 3.8) is 0 Å². The summed E-state index contributed by atoms with van der Waals surface area (Å²) in [6.45, 7) is 6.50. The summed E-state index contributed by atoms with van der Waals surface area (Å²) >= 11 is 5.37. The molecule has 18 heavy (non-hydrogen) atoms. The van der Waals surface area contributed by atoms with E-state index < -0.39 is 0 Å². The quantitative estimate of drug-likeness (QED) is 0.818. The van der Waals surface area contributed by atoms with Crippen molar-refractivity contribution in [3.05, 3.63) is 20.8 Å². The molecule has 0 radical (unpaired) electrons. The maximum atomic E-state index is 6.04. The fraction of sp³-hybridized carbons (Fsp3) is 0.714. The molecule has 0 spiro atoms. The maximum Gasteiger partial charge on any atom is 0.0567 e. The van der Waals surface area contributed by atoms with Crippen molar-refractivity contribution < 1.29 is 0 Å². The highest BCUT2D eigenvalue weighted by atomic mass is 79.9. The van der Waals surface area contributed by atoms with Crippen LogP contribution in [0.5, 0.6) is 0 Å². The van der Waals surface area contributed by atoms with Crippen LogP contribution >= 0.6 is 27.3 Å². The van der Waals surface area contributed by atoms with Gasteiger partial charge < -0.3 is 5.73 Å². The van der Waals surface area contributed by atoms with Crippen LogP contribution in [0, 0.1) is 5.92 Å². The van der Waals surface area contributed by atoms with Crippen molar-refractivity contribution in [2.45, 2.75) is 45.2 Å². The summed E-state index contributed by atoms with van der Waals surface area (Å²) in [6, 6.07) is 3.41. The first kappa shape index (κ1) is 14.5. The third-order valence-corrected chi connectivity index (χ3v) is 5.32. The fourth-order valence-electron chi connectivity index (χ4n) is 2.32. The molecule has 2 rings (SSSR count). The molecule has 1 atom stereocenters. The molecule has 1 aliphatic carbocycles. The average molecular weight is 331 g/mol.